The van der Waals surface area contributed by atoms with Crippen LogP contribution in [0.25, 0.3) is 0 Å². The average molecular weight is 304 g/mol. The SMILES string of the molecule is CC1(C)CCCN(CC2(CBr)CCOCC2)C1. The fourth-order valence-electron chi connectivity index (χ4n) is 3.29. The van der Waals surface area contributed by atoms with Gasteiger partial charge in [-0.15, -0.1) is 0 Å². The topological polar surface area (TPSA) is 12.5 Å². The maximum Gasteiger partial charge on any atom is 0.0472 e. The first-order valence-corrected chi connectivity index (χ1v) is 8.04. The van der Waals surface area contributed by atoms with Crippen LogP contribution < -0.4 is 0 Å². The van der Waals surface area contributed by atoms with Gasteiger partial charge in [0.15, 0.2) is 0 Å². The van der Waals surface area contributed by atoms with Crippen LogP contribution >= 0.6 is 15.9 Å². The first kappa shape index (κ1) is 13.8. The van der Waals surface area contributed by atoms with E-state index in [0.717, 1.165) is 18.5 Å². The number of ether oxygens (including phenoxy) is 1. The molecule has 0 aromatic carbocycles. The predicted molar refractivity (Wildman–Crippen MR) is 75.7 cm³/mol. The fourth-order valence-corrected chi connectivity index (χ4v) is 4.03. The van der Waals surface area contributed by atoms with Crippen molar-refractivity contribution in [3.05, 3.63) is 0 Å². The van der Waals surface area contributed by atoms with Crippen molar-refractivity contribution in [2.24, 2.45) is 10.8 Å². The molecule has 2 aliphatic rings. The highest BCUT2D eigenvalue weighted by Gasteiger charge is 2.36. The Kier molecular flexibility index (Phi) is 4.54. The molecular formula is C14H26BrNO. The normalized spacial score (nSPS) is 29.1. The molecule has 17 heavy (non-hydrogen) atoms. The number of halogens is 1. The Balaban J connectivity index is 1.93. The van der Waals surface area contributed by atoms with Gasteiger partial charge >= 0.3 is 0 Å². The number of hydrogen-bond donors (Lipinski definition) is 0. The summed E-state index contributed by atoms with van der Waals surface area (Å²) in [7, 11) is 0. The third-order valence-electron chi connectivity index (χ3n) is 4.38. The summed E-state index contributed by atoms with van der Waals surface area (Å²) in [6, 6.07) is 0. The van der Waals surface area contributed by atoms with Crippen molar-refractivity contribution in [1.82, 2.24) is 4.90 Å². The molecular weight excluding hydrogens is 278 g/mol. The van der Waals surface area contributed by atoms with Gasteiger partial charge in [-0.05, 0) is 43.1 Å². The number of rotatable bonds is 3. The van der Waals surface area contributed by atoms with E-state index in [1.54, 1.807) is 0 Å². The van der Waals surface area contributed by atoms with Crippen LogP contribution in [0.3, 0.4) is 0 Å². The first-order chi connectivity index (χ1) is 8.05. The molecule has 100 valence electrons. The Morgan fingerprint density at radius 1 is 1.18 bits per heavy atom. The van der Waals surface area contributed by atoms with E-state index in [0.29, 0.717) is 10.8 Å². The first-order valence-electron chi connectivity index (χ1n) is 6.91. The lowest BCUT2D eigenvalue weighted by Crippen LogP contribution is -2.48. The van der Waals surface area contributed by atoms with E-state index in [2.05, 4.69) is 34.7 Å². The maximum absolute atomic E-state index is 5.52. The van der Waals surface area contributed by atoms with Gasteiger partial charge in [0, 0.05) is 31.6 Å². The minimum Gasteiger partial charge on any atom is -0.381 e. The van der Waals surface area contributed by atoms with E-state index in [4.69, 9.17) is 4.74 Å². The van der Waals surface area contributed by atoms with Crippen LogP contribution in [0.15, 0.2) is 0 Å². The molecule has 0 N–H and O–H groups in total. The second-order valence-electron chi connectivity index (χ2n) is 6.72. The van der Waals surface area contributed by atoms with Crippen LogP contribution in [0.2, 0.25) is 0 Å². The van der Waals surface area contributed by atoms with Gasteiger partial charge in [0.25, 0.3) is 0 Å². The van der Waals surface area contributed by atoms with E-state index in [9.17, 15) is 0 Å². The largest absolute Gasteiger partial charge is 0.381 e. The molecule has 2 rings (SSSR count). The molecule has 0 aromatic rings. The molecule has 0 bridgehead atoms. The third kappa shape index (κ3) is 3.68. The summed E-state index contributed by atoms with van der Waals surface area (Å²) < 4.78 is 5.52. The average Bonchev–Trinajstić information content (AvgIpc) is 2.29. The van der Waals surface area contributed by atoms with Crippen molar-refractivity contribution in [3.8, 4) is 0 Å². The van der Waals surface area contributed by atoms with E-state index in [1.165, 1.54) is 45.3 Å². The van der Waals surface area contributed by atoms with Gasteiger partial charge in [-0.2, -0.15) is 0 Å². The molecule has 0 unspecified atom stereocenters. The summed E-state index contributed by atoms with van der Waals surface area (Å²) in [5, 5.41) is 1.13. The van der Waals surface area contributed by atoms with Crippen LogP contribution in [-0.4, -0.2) is 43.1 Å². The zero-order valence-electron chi connectivity index (χ0n) is 11.3. The summed E-state index contributed by atoms with van der Waals surface area (Å²) in [6.07, 6.45) is 5.18. The van der Waals surface area contributed by atoms with Gasteiger partial charge in [-0.1, -0.05) is 29.8 Å². The molecule has 0 saturated carbocycles. The van der Waals surface area contributed by atoms with Gasteiger partial charge < -0.3 is 9.64 Å². The fraction of sp³-hybridized carbons (Fsp3) is 1.00. The Labute approximate surface area is 114 Å². The van der Waals surface area contributed by atoms with Crippen LogP contribution in [0.5, 0.6) is 0 Å². The highest BCUT2D eigenvalue weighted by atomic mass is 79.9. The van der Waals surface area contributed by atoms with Crippen molar-refractivity contribution >= 4 is 15.9 Å². The van der Waals surface area contributed by atoms with Gasteiger partial charge in [0.2, 0.25) is 0 Å². The van der Waals surface area contributed by atoms with Gasteiger partial charge in [0.1, 0.15) is 0 Å². The molecule has 0 aliphatic carbocycles. The quantitative estimate of drug-likeness (QED) is 0.742. The summed E-state index contributed by atoms with van der Waals surface area (Å²) >= 11 is 3.74. The van der Waals surface area contributed by atoms with Crippen LogP contribution in [0, 0.1) is 10.8 Å². The zero-order valence-corrected chi connectivity index (χ0v) is 12.9. The summed E-state index contributed by atoms with van der Waals surface area (Å²) in [6.45, 7) is 10.5. The highest BCUT2D eigenvalue weighted by molar-refractivity contribution is 9.09. The molecule has 2 heterocycles. The van der Waals surface area contributed by atoms with Crippen LogP contribution in [-0.2, 0) is 4.74 Å². The van der Waals surface area contributed by atoms with E-state index in [1.807, 2.05) is 0 Å². The molecule has 0 radical (unpaired) electrons. The van der Waals surface area contributed by atoms with Gasteiger partial charge in [0.05, 0.1) is 0 Å². The van der Waals surface area contributed by atoms with Gasteiger partial charge in [-0.3, -0.25) is 0 Å². The molecule has 2 aliphatic heterocycles. The maximum atomic E-state index is 5.52. The minimum absolute atomic E-state index is 0.464. The lowest BCUT2D eigenvalue weighted by molar-refractivity contribution is -0.00539. The molecule has 2 saturated heterocycles. The second-order valence-corrected chi connectivity index (χ2v) is 7.29. The predicted octanol–water partition coefficient (Wildman–Crippen LogP) is 3.30. The van der Waals surface area contributed by atoms with E-state index in [-0.39, 0.29) is 0 Å². The number of nitrogens with zero attached hydrogens (tertiary/aromatic N) is 1. The van der Waals surface area contributed by atoms with Crippen molar-refractivity contribution in [2.45, 2.75) is 39.5 Å². The molecule has 0 atom stereocenters. The van der Waals surface area contributed by atoms with Gasteiger partial charge in [-0.25, -0.2) is 0 Å². The molecule has 2 fully saturated rings. The minimum atomic E-state index is 0.464. The zero-order chi connectivity index (χ0) is 12.4. The lowest BCUT2D eigenvalue weighted by atomic mass is 9.79. The molecule has 0 amide bonds. The molecule has 3 heteroatoms. The Morgan fingerprint density at radius 3 is 2.47 bits per heavy atom. The summed E-state index contributed by atoms with van der Waals surface area (Å²) in [5.41, 5.74) is 0.975. The Bertz CT molecular complexity index is 249. The van der Waals surface area contributed by atoms with Crippen molar-refractivity contribution < 1.29 is 4.74 Å². The monoisotopic (exact) mass is 303 g/mol. The van der Waals surface area contributed by atoms with Crippen LogP contribution in [0.1, 0.15) is 39.5 Å². The molecule has 0 spiro atoms. The van der Waals surface area contributed by atoms with Crippen LogP contribution in [0.4, 0.5) is 0 Å². The van der Waals surface area contributed by atoms with E-state index >= 15 is 0 Å². The molecule has 2 nitrogen and oxygen atoms in total. The number of hydrogen-bond acceptors (Lipinski definition) is 2. The summed E-state index contributed by atoms with van der Waals surface area (Å²) in [4.78, 5) is 2.69. The summed E-state index contributed by atoms with van der Waals surface area (Å²) in [5.74, 6) is 0. The second kappa shape index (κ2) is 5.58. The van der Waals surface area contributed by atoms with E-state index < -0.39 is 0 Å². The van der Waals surface area contributed by atoms with Crippen molar-refractivity contribution in [2.75, 3.05) is 38.2 Å². The lowest BCUT2D eigenvalue weighted by Gasteiger charge is -2.44. The smallest absolute Gasteiger partial charge is 0.0472 e. The number of piperidine rings is 1. The Morgan fingerprint density at radius 2 is 1.88 bits per heavy atom. The van der Waals surface area contributed by atoms with Crippen molar-refractivity contribution in [3.63, 3.8) is 0 Å². The highest BCUT2D eigenvalue weighted by Crippen LogP contribution is 2.36. The number of likely N-dealkylation sites (tertiary alicyclic amines) is 1. The molecule has 0 aromatic heterocycles. The van der Waals surface area contributed by atoms with Crippen molar-refractivity contribution in [1.29, 1.82) is 0 Å². The number of alkyl halides is 1. The standard InChI is InChI=1S/C14H26BrNO/c1-13(2)4-3-7-16(11-13)12-14(10-15)5-8-17-9-6-14/h3-12H2,1-2H3. The Hall–Kier alpha value is 0.400. The third-order valence-corrected chi connectivity index (χ3v) is 5.56.